The lowest BCUT2D eigenvalue weighted by Gasteiger charge is -2.26. The summed E-state index contributed by atoms with van der Waals surface area (Å²) in [6.07, 6.45) is 0.241. The average Bonchev–Trinajstić information content (AvgIpc) is 2.70. The van der Waals surface area contributed by atoms with Gasteiger partial charge in [-0.1, -0.05) is 43.6 Å². The van der Waals surface area contributed by atoms with Crippen LogP contribution >= 0.6 is 15.9 Å². The maximum Gasteiger partial charge on any atom is 0.326 e. The third-order valence-electron chi connectivity index (χ3n) is 4.48. The van der Waals surface area contributed by atoms with Gasteiger partial charge >= 0.3 is 12.0 Å². The monoisotopic (exact) mass is 514 g/mol. The Hall–Kier alpha value is -2.66. The summed E-state index contributed by atoms with van der Waals surface area (Å²) in [5.41, 5.74) is 0.480. The van der Waals surface area contributed by atoms with Crippen molar-refractivity contribution in [3.05, 3.63) is 28.7 Å². The molecule has 1 aromatic rings. The fourth-order valence-corrected chi connectivity index (χ4v) is 3.06. The molecule has 0 bridgehead atoms. The van der Waals surface area contributed by atoms with E-state index in [0.29, 0.717) is 5.69 Å². The van der Waals surface area contributed by atoms with Crippen molar-refractivity contribution in [3.63, 3.8) is 0 Å². The Morgan fingerprint density at radius 2 is 1.47 bits per heavy atom. The Bertz CT molecular complexity index is 800. The molecule has 10 nitrogen and oxygen atoms in total. The molecule has 0 radical (unpaired) electrons. The highest BCUT2D eigenvalue weighted by atomic mass is 79.9. The summed E-state index contributed by atoms with van der Waals surface area (Å²) in [4.78, 5) is 48.9. The lowest BCUT2D eigenvalue weighted by Crippen LogP contribution is -2.57. The number of carbonyl (C=O) groups is 4. The Labute approximate surface area is 195 Å². The predicted octanol–water partition coefficient (Wildman–Crippen LogP) is 1.69. The number of aliphatic hydroxyl groups excluding tert-OH is 1. The Morgan fingerprint density at radius 3 is 1.94 bits per heavy atom. The second-order valence-corrected chi connectivity index (χ2v) is 9.02. The highest BCUT2D eigenvalue weighted by Gasteiger charge is 2.31. The summed E-state index contributed by atoms with van der Waals surface area (Å²) in [7, 11) is 0. The molecule has 1 aromatic carbocycles. The van der Waals surface area contributed by atoms with E-state index in [1.165, 1.54) is 0 Å². The van der Waals surface area contributed by atoms with Crippen LogP contribution in [0.2, 0.25) is 0 Å². The van der Waals surface area contributed by atoms with Crippen molar-refractivity contribution >= 4 is 45.4 Å². The fraction of sp³-hybridized carbons (Fsp3) is 0.524. The van der Waals surface area contributed by atoms with Crippen molar-refractivity contribution < 1.29 is 29.4 Å². The molecule has 6 N–H and O–H groups in total. The second kappa shape index (κ2) is 13.0. The Morgan fingerprint density at radius 1 is 0.906 bits per heavy atom. The van der Waals surface area contributed by atoms with E-state index in [2.05, 4.69) is 37.2 Å². The number of benzene rings is 1. The van der Waals surface area contributed by atoms with Crippen LogP contribution in [0.5, 0.6) is 0 Å². The van der Waals surface area contributed by atoms with Gasteiger partial charge in [-0.3, -0.25) is 9.59 Å². The average molecular weight is 515 g/mol. The van der Waals surface area contributed by atoms with Gasteiger partial charge in [-0.05, 0) is 42.5 Å². The number of carboxylic acids is 1. The van der Waals surface area contributed by atoms with Gasteiger partial charge in [0, 0.05) is 10.2 Å². The lowest BCUT2D eigenvalue weighted by atomic mass is 10.00. The molecule has 0 spiro atoms. The van der Waals surface area contributed by atoms with Gasteiger partial charge in [-0.2, -0.15) is 0 Å². The van der Waals surface area contributed by atoms with Gasteiger partial charge in [0.25, 0.3) is 0 Å². The fourth-order valence-electron chi connectivity index (χ4n) is 2.80. The van der Waals surface area contributed by atoms with Crippen LogP contribution in [-0.4, -0.2) is 58.8 Å². The first-order valence-corrected chi connectivity index (χ1v) is 11.0. The number of rotatable bonds is 11. The van der Waals surface area contributed by atoms with E-state index >= 15 is 0 Å². The van der Waals surface area contributed by atoms with Crippen LogP contribution in [-0.2, 0) is 14.4 Å². The van der Waals surface area contributed by atoms with E-state index in [9.17, 15) is 29.4 Å². The molecule has 32 heavy (non-hydrogen) atoms. The normalized spacial score (nSPS) is 13.8. The molecule has 0 aromatic heterocycles. The highest BCUT2D eigenvalue weighted by Crippen LogP contribution is 2.14. The standard InChI is InChI=1S/C21H31BrN4O6/c1-11(2)9-15(18(28)26-17(12(3)4)20(30)31)24-19(29)16(10-27)25-21(32)23-14-7-5-13(22)6-8-14/h5-8,11-12,15-17,27H,9-10H2,1-4H3,(H,24,29)(H,26,28)(H,30,31)(H2,23,25,32)/t15-,16-,17-/m0/s1. The number of amides is 4. The molecular formula is C21H31BrN4O6. The number of nitrogens with one attached hydrogen (secondary N) is 4. The smallest absolute Gasteiger partial charge is 0.326 e. The first-order chi connectivity index (χ1) is 14.9. The molecule has 3 atom stereocenters. The van der Waals surface area contributed by atoms with Crippen molar-refractivity contribution in [2.45, 2.75) is 52.2 Å². The van der Waals surface area contributed by atoms with Crippen molar-refractivity contribution in [2.75, 3.05) is 11.9 Å². The summed E-state index contributed by atoms with van der Waals surface area (Å²) in [6, 6.07) is 2.57. The number of anilines is 1. The highest BCUT2D eigenvalue weighted by molar-refractivity contribution is 9.10. The van der Waals surface area contributed by atoms with Gasteiger partial charge in [0.15, 0.2) is 0 Å². The number of hydrogen-bond acceptors (Lipinski definition) is 5. The number of carboxylic acid groups (broad SMARTS) is 1. The topological polar surface area (TPSA) is 157 Å². The molecule has 0 aliphatic carbocycles. The van der Waals surface area contributed by atoms with E-state index in [1.54, 1.807) is 38.1 Å². The molecule has 0 aliphatic heterocycles. The molecule has 0 unspecified atom stereocenters. The van der Waals surface area contributed by atoms with Gasteiger partial charge in [0.05, 0.1) is 6.61 Å². The minimum atomic E-state index is -1.31. The van der Waals surface area contributed by atoms with E-state index in [-0.39, 0.29) is 18.3 Å². The predicted molar refractivity (Wildman–Crippen MR) is 123 cm³/mol. The van der Waals surface area contributed by atoms with Crippen LogP contribution < -0.4 is 21.3 Å². The van der Waals surface area contributed by atoms with E-state index < -0.39 is 48.5 Å². The van der Waals surface area contributed by atoms with Crippen LogP contribution in [0.4, 0.5) is 10.5 Å². The van der Waals surface area contributed by atoms with E-state index in [0.717, 1.165) is 4.47 Å². The molecule has 0 aliphatic rings. The van der Waals surface area contributed by atoms with Crippen molar-refractivity contribution in [1.82, 2.24) is 16.0 Å². The maximum atomic E-state index is 12.7. The molecule has 4 amide bonds. The van der Waals surface area contributed by atoms with Gasteiger partial charge < -0.3 is 31.5 Å². The molecular weight excluding hydrogens is 484 g/mol. The Kier molecular flexibility index (Phi) is 11.1. The summed E-state index contributed by atoms with van der Waals surface area (Å²) in [5, 5.41) is 28.7. The first kappa shape index (κ1) is 27.4. The zero-order chi connectivity index (χ0) is 24.4. The summed E-state index contributed by atoms with van der Waals surface area (Å²) in [6.45, 7) is 6.31. The third-order valence-corrected chi connectivity index (χ3v) is 5.01. The summed E-state index contributed by atoms with van der Waals surface area (Å²) in [5.74, 6) is -2.95. The largest absolute Gasteiger partial charge is 0.480 e. The van der Waals surface area contributed by atoms with Crippen LogP contribution in [0.25, 0.3) is 0 Å². The number of aliphatic hydroxyl groups is 1. The molecule has 11 heteroatoms. The van der Waals surface area contributed by atoms with Crippen LogP contribution in [0.1, 0.15) is 34.1 Å². The minimum Gasteiger partial charge on any atom is -0.480 e. The zero-order valence-electron chi connectivity index (χ0n) is 18.5. The number of aliphatic carboxylic acids is 1. The third kappa shape index (κ3) is 9.23. The van der Waals surface area contributed by atoms with Gasteiger partial charge in [0.2, 0.25) is 11.8 Å². The minimum absolute atomic E-state index is 0.00890. The number of urea groups is 1. The van der Waals surface area contributed by atoms with E-state index in [4.69, 9.17) is 0 Å². The number of hydrogen-bond donors (Lipinski definition) is 6. The molecule has 0 saturated heterocycles. The SMILES string of the molecule is CC(C)C[C@H](NC(=O)[C@H](CO)NC(=O)Nc1ccc(Br)cc1)C(=O)N[C@H](C(=O)O)C(C)C. The first-order valence-electron chi connectivity index (χ1n) is 10.2. The van der Waals surface area contributed by atoms with Gasteiger partial charge in [-0.25, -0.2) is 9.59 Å². The van der Waals surface area contributed by atoms with Gasteiger partial charge in [-0.15, -0.1) is 0 Å². The quantitative estimate of drug-likeness (QED) is 0.263. The van der Waals surface area contributed by atoms with E-state index in [1.807, 2.05) is 13.8 Å². The number of halogens is 1. The van der Waals surface area contributed by atoms with Crippen LogP contribution in [0.15, 0.2) is 28.7 Å². The van der Waals surface area contributed by atoms with Crippen LogP contribution in [0.3, 0.4) is 0 Å². The zero-order valence-corrected chi connectivity index (χ0v) is 20.1. The molecule has 178 valence electrons. The summed E-state index contributed by atoms with van der Waals surface area (Å²) < 4.78 is 0.827. The van der Waals surface area contributed by atoms with Gasteiger partial charge in [0.1, 0.15) is 18.1 Å². The van der Waals surface area contributed by atoms with Crippen LogP contribution in [0, 0.1) is 11.8 Å². The summed E-state index contributed by atoms with van der Waals surface area (Å²) >= 11 is 3.28. The lowest BCUT2D eigenvalue weighted by molar-refractivity contribution is -0.143. The second-order valence-electron chi connectivity index (χ2n) is 8.10. The van der Waals surface area contributed by atoms with Crippen molar-refractivity contribution in [3.8, 4) is 0 Å². The van der Waals surface area contributed by atoms with Crippen molar-refractivity contribution in [1.29, 1.82) is 0 Å². The maximum absolute atomic E-state index is 12.7. The van der Waals surface area contributed by atoms with Crippen molar-refractivity contribution in [2.24, 2.45) is 11.8 Å². The molecule has 0 saturated carbocycles. The molecule has 1 rings (SSSR count). The molecule has 0 fully saturated rings. The number of carbonyl (C=O) groups excluding carboxylic acids is 3. The Balaban J connectivity index is 2.82. The molecule has 0 heterocycles.